The lowest BCUT2D eigenvalue weighted by molar-refractivity contribution is 0.360. The van der Waals surface area contributed by atoms with Crippen LogP contribution in [0.2, 0.25) is 0 Å². The third-order valence-electron chi connectivity index (χ3n) is 2.42. The summed E-state index contributed by atoms with van der Waals surface area (Å²) >= 11 is 5.11. The second-order valence-electron chi connectivity index (χ2n) is 4.19. The molecular formula is C13H19N3O2S. The SMILES string of the molecule is CCN(C)C(=Nc1ccc(O)cc1)OC(=S)N(C)C. The predicted octanol–water partition coefficient (Wildman–Crippen LogP) is 2.19. The Hall–Kier alpha value is -1.82. The second-order valence-corrected chi connectivity index (χ2v) is 4.54. The first-order valence-corrected chi connectivity index (χ1v) is 6.32. The number of phenols is 1. The molecule has 1 aromatic carbocycles. The normalized spacial score (nSPS) is 11.1. The molecule has 0 saturated carbocycles. The van der Waals surface area contributed by atoms with Crippen LogP contribution in [0.3, 0.4) is 0 Å². The number of aliphatic imine (C=N–C) groups is 1. The van der Waals surface area contributed by atoms with Crippen LogP contribution >= 0.6 is 12.2 Å². The van der Waals surface area contributed by atoms with E-state index >= 15 is 0 Å². The summed E-state index contributed by atoms with van der Waals surface area (Å²) in [5.41, 5.74) is 0.689. The Morgan fingerprint density at radius 3 is 2.32 bits per heavy atom. The highest BCUT2D eigenvalue weighted by atomic mass is 32.1. The molecule has 5 nitrogen and oxygen atoms in total. The first kappa shape index (κ1) is 15.2. The standard InChI is InChI=1S/C13H19N3O2S/c1-5-16(4)12(18-13(19)15(2)3)14-10-6-8-11(17)9-7-10/h6-9,17H,5H2,1-4H3. The Bertz CT molecular complexity index is 457. The highest BCUT2D eigenvalue weighted by Crippen LogP contribution is 2.17. The molecule has 0 amide bonds. The van der Waals surface area contributed by atoms with Crippen molar-refractivity contribution >= 4 is 29.1 Å². The van der Waals surface area contributed by atoms with E-state index in [0.717, 1.165) is 6.54 Å². The van der Waals surface area contributed by atoms with Gasteiger partial charge in [0.1, 0.15) is 5.75 Å². The molecule has 0 aliphatic carbocycles. The van der Waals surface area contributed by atoms with Crippen molar-refractivity contribution in [2.75, 3.05) is 27.7 Å². The van der Waals surface area contributed by atoms with Gasteiger partial charge in [0, 0.05) is 27.7 Å². The Kier molecular flexibility index (Phi) is 5.57. The Morgan fingerprint density at radius 2 is 1.84 bits per heavy atom. The molecule has 0 saturated heterocycles. The summed E-state index contributed by atoms with van der Waals surface area (Å²) in [6.07, 6.45) is 0. The summed E-state index contributed by atoms with van der Waals surface area (Å²) in [5.74, 6) is 0.203. The van der Waals surface area contributed by atoms with Gasteiger partial charge in [-0.3, -0.25) is 0 Å². The van der Waals surface area contributed by atoms with Crippen molar-refractivity contribution in [1.29, 1.82) is 0 Å². The number of thiocarbonyl (C=S) groups is 1. The van der Waals surface area contributed by atoms with Crippen molar-refractivity contribution < 1.29 is 9.84 Å². The average Bonchev–Trinajstić information content (AvgIpc) is 2.39. The van der Waals surface area contributed by atoms with Crippen molar-refractivity contribution in [2.45, 2.75) is 6.92 Å². The van der Waals surface area contributed by atoms with E-state index in [9.17, 15) is 5.11 Å². The van der Waals surface area contributed by atoms with Gasteiger partial charge in [0.15, 0.2) is 0 Å². The zero-order valence-corrected chi connectivity index (χ0v) is 12.4. The van der Waals surface area contributed by atoms with Crippen molar-refractivity contribution in [1.82, 2.24) is 9.80 Å². The Balaban J connectivity index is 2.96. The van der Waals surface area contributed by atoms with E-state index in [1.165, 1.54) is 0 Å². The monoisotopic (exact) mass is 281 g/mol. The molecule has 1 aromatic rings. The number of rotatable bonds is 2. The Labute approximate surface area is 119 Å². The average molecular weight is 281 g/mol. The number of nitrogens with zero attached hydrogens (tertiary/aromatic N) is 3. The molecule has 0 aliphatic rings. The van der Waals surface area contributed by atoms with Gasteiger partial charge in [0.2, 0.25) is 0 Å². The summed E-state index contributed by atoms with van der Waals surface area (Å²) in [4.78, 5) is 7.94. The van der Waals surface area contributed by atoms with E-state index in [-0.39, 0.29) is 5.75 Å². The van der Waals surface area contributed by atoms with Crippen LogP contribution in [0.4, 0.5) is 5.69 Å². The summed E-state index contributed by atoms with van der Waals surface area (Å²) < 4.78 is 5.57. The maximum absolute atomic E-state index is 9.25. The van der Waals surface area contributed by atoms with Crippen LogP contribution in [-0.2, 0) is 4.74 Å². The Morgan fingerprint density at radius 1 is 1.26 bits per heavy atom. The molecule has 0 heterocycles. The minimum absolute atomic E-state index is 0.203. The summed E-state index contributed by atoms with van der Waals surface area (Å²) in [7, 11) is 5.50. The molecule has 0 bridgehead atoms. The maximum Gasteiger partial charge on any atom is 0.299 e. The maximum atomic E-state index is 9.25. The lowest BCUT2D eigenvalue weighted by Gasteiger charge is -2.21. The van der Waals surface area contributed by atoms with E-state index < -0.39 is 0 Å². The first-order chi connectivity index (χ1) is 8.93. The molecular weight excluding hydrogens is 262 g/mol. The summed E-state index contributed by atoms with van der Waals surface area (Å²) in [6, 6.07) is 6.99. The first-order valence-electron chi connectivity index (χ1n) is 5.92. The minimum Gasteiger partial charge on any atom is -0.508 e. The molecule has 0 unspecified atom stereocenters. The highest BCUT2D eigenvalue weighted by molar-refractivity contribution is 7.80. The molecule has 0 fully saturated rings. The molecule has 0 atom stereocenters. The lowest BCUT2D eigenvalue weighted by Crippen LogP contribution is -2.34. The van der Waals surface area contributed by atoms with Crippen LogP contribution in [0.5, 0.6) is 5.75 Å². The van der Waals surface area contributed by atoms with Gasteiger partial charge in [-0.1, -0.05) is 0 Å². The zero-order valence-electron chi connectivity index (χ0n) is 11.6. The molecule has 1 rings (SSSR count). The van der Waals surface area contributed by atoms with Crippen molar-refractivity contribution in [3.8, 4) is 5.75 Å². The van der Waals surface area contributed by atoms with E-state index in [2.05, 4.69) is 4.99 Å². The van der Waals surface area contributed by atoms with Crippen LogP contribution < -0.4 is 0 Å². The van der Waals surface area contributed by atoms with Gasteiger partial charge < -0.3 is 19.6 Å². The van der Waals surface area contributed by atoms with E-state index in [4.69, 9.17) is 17.0 Å². The van der Waals surface area contributed by atoms with Gasteiger partial charge in [-0.15, -0.1) is 0 Å². The van der Waals surface area contributed by atoms with Gasteiger partial charge in [0.25, 0.3) is 11.2 Å². The molecule has 0 radical (unpaired) electrons. The van der Waals surface area contributed by atoms with Gasteiger partial charge in [-0.25, -0.2) is 0 Å². The number of benzene rings is 1. The number of hydrogen-bond donors (Lipinski definition) is 1. The van der Waals surface area contributed by atoms with Gasteiger partial charge >= 0.3 is 0 Å². The van der Waals surface area contributed by atoms with Crippen LogP contribution in [0.15, 0.2) is 29.3 Å². The van der Waals surface area contributed by atoms with Crippen molar-refractivity contribution in [3.63, 3.8) is 0 Å². The van der Waals surface area contributed by atoms with Crippen LogP contribution in [0.1, 0.15) is 6.92 Å². The van der Waals surface area contributed by atoms with Gasteiger partial charge in [0.05, 0.1) is 5.69 Å². The van der Waals surface area contributed by atoms with Crippen LogP contribution in [-0.4, -0.2) is 53.8 Å². The van der Waals surface area contributed by atoms with Gasteiger partial charge in [-0.05, 0) is 43.4 Å². The molecule has 0 aromatic heterocycles. The zero-order chi connectivity index (χ0) is 14.4. The molecule has 0 spiro atoms. The number of hydrogen-bond acceptors (Lipinski definition) is 4. The number of amidine groups is 1. The minimum atomic E-state index is 0.203. The van der Waals surface area contributed by atoms with Crippen molar-refractivity contribution in [2.24, 2.45) is 4.99 Å². The fraction of sp³-hybridized carbons (Fsp3) is 0.385. The van der Waals surface area contributed by atoms with Crippen LogP contribution in [0.25, 0.3) is 0 Å². The second kappa shape index (κ2) is 6.94. The largest absolute Gasteiger partial charge is 0.508 e. The fourth-order valence-corrected chi connectivity index (χ4v) is 1.20. The number of phenolic OH excluding ortho intramolecular Hbond substituents is 1. The number of aromatic hydroxyl groups is 1. The number of ether oxygens (including phenoxy) is 1. The van der Waals surface area contributed by atoms with E-state index in [1.54, 1.807) is 29.2 Å². The topological polar surface area (TPSA) is 48.3 Å². The van der Waals surface area contributed by atoms with E-state index in [1.807, 2.05) is 33.0 Å². The molecule has 104 valence electrons. The molecule has 0 aliphatic heterocycles. The summed E-state index contributed by atoms with van der Waals surface area (Å²) in [5, 5.41) is 9.59. The fourth-order valence-electron chi connectivity index (χ4n) is 1.13. The quantitative estimate of drug-likeness (QED) is 0.511. The van der Waals surface area contributed by atoms with Gasteiger partial charge in [-0.2, -0.15) is 4.99 Å². The predicted molar refractivity (Wildman–Crippen MR) is 80.9 cm³/mol. The van der Waals surface area contributed by atoms with Crippen molar-refractivity contribution in [3.05, 3.63) is 24.3 Å². The lowest BCUT2D eigenvalue weighted by atomic mass is 10.3. The smallest absolute Gasteiger partial charge is 0.299 e. The molecule has 1 N–H and O–H groups in total. The third-order valence-corrected chi connectivity index (χ3v) is 2.87. The molecule has 19 heavy (non-hydrogen) atoms. The third kappa shape index (κ3) is 4.75. The highest BCUT2D eigenvalue weighted by Gasteiger charge is 2.11. The summed E-state index contributed by atoms with van der Waals surface area (Å²) in [6.45, 7) is 2.74. The van der Waals surface area contributed by atoms with E-state index in [0.29, 0.717) is 16.9 Å². The molecule has 6 heteroatoms. The van der Waals surface area contributed by atoms with Crippen LogP contribution in [0, 0.1) is 0 Å².